The number of rotatable bonds is 3. The third kappa shape index (κ3) is 4.01. The van der Waals surface area contributed by atoms with Gasteiger partial charge in [0.25, 0.3) is 0 Å². The largest absolute Gasteiger partial charge is 0.443 e. The molecule has 1 aliphatic carbocycles. The van der Waals surface area contributed by atoms with Crippen LogP contribution in [0.4, 0.5) is 5.82 Å². The van der Waals surface area contributed by atoms with Gasteiger partial charge in [0, 0.05) is 24.7 Å². The Morgan fingerprint density at radius 1 is 1.07 bits per heavy atom. The molecule has 1 atom stereocenters. The van der Waals surface area contributed by atoms with Crippen LogP contribution in [0.3, 0.4) is 0 Å². The Morgan fingerprint density at radius 2 is 1.82 bits per heavy atom. The summed E-state index contributed by atoms with van der Waals surface area (Å²) in [4.78, 5) is 24.1. The number of amides is 1. The number of hydrogen-bond acceptors (Lipinski definition) is 5. The average molecular weight is 385 g/mol. The van der Waals surface area contributed by atoms with Gasteiger partial charge in [0.1, 0.15) is 17.9 Å². The van der Waals surface area contributed by atoms with Crippen LogP contribution in [0.5, 0.6) is 0 Å². The predicted octanol–water partition coefficient (Wildman–Crippen LogP) is 4.29. The Bertz CT molecular complexity index is 823. The molecule has 28 heavy (non-hydrogen) atoms. The van der Waals surface area contributed by atoms with Crippen LogP contribution >= 0.6 is 0 Å². The number of hydrogen-bond donors (Lipinski definition) is 1. The lowest BCUT2D eigenvalue weighted by Crippen LogP contribution is -2.46. The summed E-state index contributed by atoms with van der Waals surface area (Å²) in [5, 5.41) is 4.35. The Morgan fingerprint density at radius 3 is 2.61 bits per heavy atom. The van der Waals surface area contributed by atoms with Crippen molar-refractivity contribution in [3.05, 3.63) is 17.7 Å². The zero-order valence-electron chi connectivity index (χ0n) is 17.2. The molecule has 152 valence electrons. The van der Waals surface area contributed by atoms with Crippen LogP contribution in [0.25, 0.3) is 11.1 Å². The van der Waals surface area contributed by atoms with Crippen molar-refractivity contribution in [3.8, 4) is 0 Å². The Kier molecular flexibility index (Phi) is 5.83. The monoisotopic (exact) mass is 384 g/mol. The first-order valence-electron chi connectivity index (χ1n) is 10.9. The van der Waals surface area contributed by atoms with Gasteiger partial charge in [-0.2, -0.15) is 0 Å². The lowest BCUT2D eigenvalue weighted by Gasteiger charge is -2.34. The van der Waals surface area contributed by atoms with E-state index in [2.05, 4.69) is 27.1 Å². The second kappa shape index (κ2) is 8.50. The summed E-state index contributed by atoms with van der Waals surface area (Å²) in [7, 11) is 0. The molecule has 1 aliphatic heterocycles. The highest BCUT2D eigenvalue weighted by molar-refractivity contribution is 5.90. The van der Waals surface area contributed by atoms with Crippen LogP contribution in [0.1, 0.15) is 69.1 Å². The minimum Gasteiger partial charge on any atom is -0.443 e. The second-order valence-corrected chi connectivity index (χ2v) is 8.50. The first kappa shape index (κ1) is 19.2. The van der Waals surface area contributed by atoms with Crippen molar-refractivity contribution in [3.63, 3.8) is 0 Å². The first-order chi connectivity index (χ1) is 13.6. The molecule has 0 spiro atoms. The number of fused-ring (bicyclic) bond motifs is 1. The van der Waals surface area contributed by atoms with E-state index in [1.165, 1.54) is 32.1 Å². The SMILES string of the molecule is Cc1oc2ncnc(N3CCC[C@H](C(=O)NC4CCCCCCC4)C3)c2c1C. The van der Waals surface area contributed by atoms with Gasteiger partial charge in [-0.05, 0) is 39.5 Å². The molecule has 6 heteroatoms. The molecule has 2 aliphatic rings. The fourth-order valence-electron chi connectivity index (χ4n) is 4.71. The molecule has 1 saturated heterocycles. The molecule has 0 bridgehead atoms. The molecule has 0 aromatic carbocycles. The number of aryl methyl sites for hydroxylation is 2. The smallest absolute Gasteiger partial charge is 0.231 e. The molecule has 2 aromatic heterocycles. The van der Waals surface area contributed by atoms with Crippen molar-refractivity contribution >= 4 is 22.8 Å². The lowest BCUT2D eigenvalue weighted by atomic mass is 9.93. The van der Waals surface area contributed by atoms with Crippen molar-refractivity contribution in [2.75, 3.05) is 18.0 Å². The molecule has 1 saturated carbocycles. The first-order valence-corrected chi connectivity index (χ1v) is 10.9. The maximum absolute atomic E-state index is 13.0. The van der Waals surface area contributed by atoms with E-state index in [0.717, 1.165) is 54.8 Å². The van der Waals surface area contributed by atoms with Gasteiger partial charge in [0.2, 0.25) is 11.6 Å². The highest BCUT2D eigenvalue weighted by Gasteiger charge is 2.29. The number of carbonyl (C=O) groups is 1. The number of carbonyl (C=O) groups excluding carboxylic acids is 1. The molecule has 0 radical (unpaired) electrons. The van der Waals surface area contributed by atoms with E-state index in [4.69, 9.17) is 4.42 Å². The second-order valence-electron chi connectivity index (χ2n) is 8.50. The van der Waals surface area contributed by atoms with E-state index in [1.54, 1.807) is 6.33 Å². The molecule has 0 unspecified atom stereocenters. The molecule has 6 nitrogen and oxygen atoms in total. The van der Waals surface area contributed by atoms with Gasteiger partial charge in [-0.1, -0.05) is 32.1 Å². The van der Waals surface area contributed by atoms with Crippen molar-refractivity contribution < 1.29 is 9.21 Å². The quantitative estimate of drug-likeness (QED) is 0.855. The van der Waals surface area contributed by atoms with E-state index in [0.29, 0.717) is 18.3 Å². The van der Waals surface area contributed by atoms with E-state index in [9.17, 15) is 4.79 Å². The van der Waals surface area contributed by atoms with Crippen LogP contribution in [-0.4, -0.2) is 35.0 Å². The minimum absolute atomic E-state index is 0.0255. The van der Waals surface area contributed by atoms with Gasteiger partial charge >= 0.3 is 0 Å². The molecule has 2 aromatic rings. The van der Waals surface area contributed by atoms with Crippen LogP contribution in [0.2, 0.25) is 0 Å². The third-order valence-electron chi connectivity index (χ3n) is 6.49. The average Bonchev–Trinajstić information content (AvgIpc) is 2.98. The van der Waals surface area contributed by atoms with E-state index in [1.807, 2.05) is 6.92 Å². The maximum Gasteiger partial charge on any atom is 0.231 e. The number of anilines is 1. The van der Waals surface area contributed by atoms with Crippen LogP contribution in [0.15, 0.2) is 10.7 Å². The molecule has 3 heterocycles. The topological polar surface area (TPSA) is 71.3 Å². The Balaban J connectivity index is 1.46. The highest BCUT2D eigenvalue weighted by atomic mass is 16.3. The predicted molar refractivity (Wildman–Crippen MR) is 110 cm³/mol. The summed E-state index contributed by atoms with van der Waals surface area (Å²) >= 11 is 0. The van der Waals surface area contributed by atoms with Gasteiger partial charge in [0.15, 0.2) is 0 Å². The summed E-state index contributed by atoms with van der Waals surface area (Å²) in [6.45, 7) is 5.65. The number of piperidine rings is 1. The van der Waals surface area contributed by atoms with Gasteiger partial charge in [-0.3, -0.25) is 4.79 Å². The molecule has 1 amide bonds. The summed E-state index contributed by atoms with van der Waals surface area (Å²) in [6, 6.07) is 0.354. The van der Waals surface area contributed by atoms with Gasteiger partial charge in [-0.25, -0.2) is 9.97 Å². The maximum atomic E-state index is 13.0. The standard InChI is InChI=1S/C22H32N4O2/c1-15-16(2)28-22-19(15)20(23-14-24-22)26-12-8-9-17(13-26)21(27)25-18-10-6-4-3-5-7-11-18/h14,17-18H,3-13H2,1-2H3,(H,25,27)/t17-/m0/s1. The third-order valence-corrected chi connectivity index (χ3v) is 6.49. The van der Waals surface area contributed by atoms with Crippen molar-refractivity contribution in [1.29, 1.82) is 0 Å². The molecular formula is C22H32N4O2. The van der Waals surface area contributed by atoms with Crippen molar-refractivity contribution in [1.82, 2.24) is 15.3 Å². The van der Waals surface area contributed by atoms with Crippen LogP contribution in [0, 0.1) is 19.8 Å². The fourth-order valence-corrected chi connectivity index (χ4v) is 4.71. The van der Waals surface area contributed by atoms with E-state index in [-0.39, 0.29) is 11.8 Å². The Labute approximate surface area is 167 Å². The zero-order chi connectivity index (χ0) is 19.5. The van der Waals surface area contributed by atoms with Crippen molar-refractivity contribution in [2.24, 2.45) is 5.92 Å². The molecular weight excluding hydrogens is 352 g/mol. The van der Waals surface area contributed by atoms with Crippen molar-refractivity contribution in [2.45, 2.75) is 77.7 Å². The van der Waals surface area contributed by atoms with E-state index < -0.39 is 0 Å². The summed E-state index contributed by atoms with van der Waals surface area (Å²) in [6.07, 6.45) is 12.2. The number of nitrogens with zero attached hydrogens (tertiary/aromatic N) is 3. The molecule has 4 rings (SSSR count). The molecule has 1 N–H and O–H groups in total. The number of aromatic nitrogens is 2. The van der Waals surface area contributed by atoms with Crippen LogP contribution in [-0.2, 0) is 4.79 Å². The van der Waals surface area contributed by atoms with Gasteiger partial charge in [-0.15, -0.1) is 0 Å². The fraction of sp³-hybridized carbons (Fsp3) is 0.682. The minimum atomic E-state index is 0.0255. The summed E-state index contributed by atoms with van der Waals surface area (Å²) in [5.74, 6) is 2.04. The molecule has 2 fully saturated rings. The van der Waals surface area contributed by atoms with E-state index >= 15 is 0 Å². The normalized spacial score (nSPS) is 22.1. The number of nitrogens with one attached hydrogen (secondary N) is 1. The summed E-state index contributed by atoms with van der Waals surface area (Å²) in [5.41, 5.74) is 1.73. The van der Waals surface area contributed by atoms with Crippen LogP contribution < -0.4 is 10.2 Å². The van der Waals surface area contributed by atoms with Gasteiger partial charge in [0.05, 0.1) is 11.3 Å². The Hall–Kier alpha value is -2.11. The zero-order valence-corrected chi connectivity index (χ0v) is 17.2. The van der Waals surface area contributed by atoms with Gasteiger partial charge < -0.3 is 14.6 Å². The highest BCUT2D eigenvalue weighted by Crippen LogP contribution is 2.32. The lowest BCUT2D eigenvalue weighted by molar-refractivity contribution is -0.126. The summed E-state index contributed by atoms with van der Waals surface area (Å²) < 4.78 is 5.77. The number of furan rings is 1.